The fraction of sp³-hybridized carbons (Fsp3) is 0.533. The summed E-state index contributed by atoms with van der Waals surface area (Å²) in [6.07, 6.45) is 0.0313. The molecule has 0 radical (unpaired) electrons. The Morgan fingerprint density at radius 3 is 2.26 bits per heavy atom. The minimum Gasteiger partial charge on any atom is -0.444 e. The van der Waals surface area contributed by atoms with Gasteiger partial charge in [0.2, 0.25) is 0 Å². The number of ether oxygens (including phenoxy) is 1. The Hall–Kier alpha value is -1.55. The SMILES string of the molecule is CC(CO)(Cc1ccccc1)NC(=O)OC(C)(C)C. The molecule has 1 aromatic carbocycles. The number of aliphatic hydroxyl groups is 1. The summed E-state index contributed by atoms with van der Waals surface area (Å²) in [4.78, 5) is 11.8. The van der Waals surface area contributed by atoms with Crippen molar-refractivity contribution >= 4 is 6.09 Å². The summed E-state index contributed by atoms with van der Waals surface area (Å²) in [7, 11) is 0. The van der Waals surface area contributed by atoms with Gasteiger partial charge in [-0.25, -0.2) is 4.79 Å². The quantitative estimate of drug-likeness (QED) is 0.879. The van der Waals surface area contributed by atoms with Crippen LogP contribution in [0.15, 0.2) is 30.3 Å². The van der Waals surface area contributed by atoms with Gasteiger partial charge in [0.05, 0.1) is 12.1 Å². The normalized spacial score (nSPS) is 14.6. The molecule has 1 amide bonds. The van der Waals surface area contributed by atoms with Crippen molar-refractivity contribution in [2.45, 2.75) is 45.3 Å². The van der Waals surface area contributed by atoms with Gasteiger partial charge in [0.25, 0.3) is 0 Å². The number of carbonyl (C=O) groups excluding carboxylic acids is 1. The summed E-state index contributed by atoms with van der Waals surface area (Å²) < 4.78 is 5.21. The highest BCUT2D eigenvalue weighted by atomic mass is 16.6. The van der Waals surface area contributed by atoms with Crippen LogP contribution in [0.5, 0.6) is 0 Å². The van der Waals surface area contributed by atoms with E-state index >= 15 is 0 Å². The van der Waals surface area contributed by atoms with E-state index in [4.69, 9.17) is 4.74 Å². The lowest BCUT2D eigenvalue weighted by Gasteiger charge is -2.30. The van der Waals surface area contributed by atoms with E-state index in [2.05, 4.69) is 5.32 Å². The first kappa shape index (κ1) is 15.5. The molecule has 0 heterocycles. The van der Waals surface area contributed by atoms with Crippen molar-refractivity contribution in [3.63, 3.8) is 0 Å². The number of carbonyl (C=O) groups is 1. The third-order valence-electron chi connectivity index (χ3n) is 2.59. The van der Waals surface area contributed by atoms with Crippen molar-refractivity contribution in [1.82, 2.24) is 5.32 Å². The molecule has 19 heavy (non-hydrogen) atoms. The Balaban J connectivity index is 2.68. The van der Waals surface area contributed by atoms with Gasteiger partial charge in [-0.05, 0) is 39.7 Å². The van der Waals surface area contributed by atoms with Gasteiger partial charge in [-0.3, -0.25) is 0 Å². The Kier molecular flexibility index (Phi) is 4.95. The largest absolute Gasteiger partial charge is 0.444 e. The first-order valence-electron chi connectivity index (χ1n) is 6.40. The molecular weight excluding hydrogens is 242 g/mol. The summed E-state index contributed by atoms with van der Waals surface area (Å²) in [5.74, 6) is 0. The molecule has 0 aliphatic carbocycles. The lowest BCUT2D eigenvalue weighted by molar-refractivity contribution is 0.0415. The lowest BCUT2D eigenvalue weighted by Crippen LogP contribution is -2.52. The van der Waals surface area contributed by atoms with Crippen molar-refractivity contribution in [3.05, 3.63) is 35.9 Å². The molecule has 0 bridgehead atoms. The van der Waals surface area contributed by atoms with E-state index < -0.39 is 17.2 Å². The monoisotopic (exact) mass is 265 g/mol. The number of amides is 1. The average molecular weight is 265 g/mol. The topological polar surface area (TPSA) is 58.6 Å². The minimum absolute atomic E-state index is 0.152. The number of hydrogen-bond acceptors (Lipinski definition) is 3. The molecule has 0 saturated carbocycles. The fourth-order valence-corrected chi connectivity index (χ4v) is 1.74. The first-order chi connectivity index (χ1) is 8.74. The van der Waals surface area contributed by atoms with E-state index in [9.17, 15) is 9.90 Å². The highest BCUT2D eigenvalue weighted by molar-refractivity contribution is 5.68. The Labute approximate surface area is 114 Å². The van der Waals surface area contributed by atoms with Crippen LogP contribution in [0.1, 0.15) is 33.3 Å². The maximum atomic E-state index is 11.8. The highest BCUT2D eigenvalue weighted by Gasteiger charge is 2.28. The number of aliphatic hydroxyl groups excluding tert-OH is 1. The molecule has 4 heteroatoms. The molecule has 0 aliphatic heterocycles. The van der Waals surface area contributed by atoms with Gasteiger partial charge in [-0.15, -0.1) is 0 Å². The van der Waals surface area contributed by atoms with Crippen LogP contribution in [0.4, 0.5) is 4.79 Å². The zero-order valence-corrected chi connectivity index (χ0v) is 12.1. The smallest absolute Gasteiger partial charge is 0.408 e. The third-order valence-corrected chi connectivity index (χ3v) is 2.59. The third kappa shape index (κ3) is 5.75. The van der Waals surface area contributed by atoms with Gasteiger partial charge in [0, 0.05) is 0 Å². The van der Waals surface area contributed by atoms with Crippen LogP contribution >= 0.6 is 0 Å². The van der Waals surface area contributed by atoms with Crippen molar-refractivity contribution in [2.75, 3.05) is 6.61 Å². The predicted octanol–water partition coefficient (Wildman–Crippen LogP) is 2.50. The minimum atomic E-state index is -0.732. The van der Waals surface area contributed by atoms with Crippen LogP contribution in [-0.4, -0.2) is 28.9 Å². The number of hydrogen-bond donors (Lipinski definition) is 2. The summed E-state index contributed by atoms with van der Waals surface area (Å²) in [6, 6.07) is 9.72. The first-order valence-corrected chi connectivity index (χ1v) is 6.40. The Morgan fingerprint density at radius 1 is 1.21 bits per heavy atom. The summed E-state index contributed by atoms with van der Waals surface area (Å²) in [5.41, 5.74) is -0.230. The molecule has 0 fully saturated rings. The summed E-state index contributed by atoms with van der Waals surface area (Å²) in [5, 5.41) is 12.3. The average Bonchev–Trinajstić information content (AvgIpc) is 2.27. The van der Waals surface area contributed by atoms with Gasteiger partial charge >= 0.3 is 6.09 Å². The number of nitrogens with one attached hydrogen (secondary N) is 1. The zero-order valence-electron chi connectivity index (χ0n) is 12.1. The van der Waals surface area contributed by atoms with Crippen molar-refractivity contribution in [3.8, 4) is 0 Å². The van der Waals surface area contributed by atoms with E-state index in [0.29, 0.717) is 6.42 Å². The number of rotatable bonds is 4. The molecule has 0 saturated heterocycles. The van der Waals surface area contributed by atoms with Crippen LogP contribution in [0.3, 0.4) is 0 Å². The van der Waals surface area contributed by atoms with Gasteiger partial charge in [0.15, 0.2) is 0 Å². The molecule has 1 atom stereocenters. The molecule has 0 aliphatic rings. The molecule has 1 rings (SSSR count). The van der Waals surface area contributed by atoms with Crippen LogP contribution < -0.4 is 5.32 Å². The van der Waals surface area contributed by atoms with Crippen LogP contribution in [0.2, 0.25) is 0 Å². The van der Waals surface area contributed by atoms with Crippen molar-refractivity contribution in [2.24, 2.45) is 0 Å². The maximum Gasteiger partial charge on any atom is 0.408 e. The van der Waals surface area contributed by atoms with E-state index in [1.54, 1.807) is 27.7 Å². The van der Waals surface area contributed by atoms with E-state index in [0.717, 1.165) is 5.56 Å². The second kappa shape index (κ2) is 6.06. The molecule has 0 aromatic heterocycles. The highest BCUT2D eigenvalue weighted by Crippen LogP contribution is 2.14. The number of benzene rings is 1. The van der Waals surface area contributed by atoms with Crippen LogP contribution in [0.25, 0.3) is 0 Å². The molecular formula is C15H23NO3. The molecule has 1 aromatic rings. The maximum absolute atomic E-state index is 11.8. The molecule has 2 N–H and O–H groups in total. The van der Waals surface area contributed by atoms with Crippen molar-refractivity contribution < 1.29 is 14.6 Å². The molecule has 106 valence electrons. The molecule has 1 unspecified atom stereocenters. The standard InChI is InChI=1S/C15H23NO3/c1-14(2,3)19-13(18)16-15(4,11-17)10-12-8-6-5-7-9-12/h5-9,17H,10-11H2,1-4H3,(H,16,18). The Morgan fingerprint density at radius 2 is 1.79 bits per heavy atom. The summed E-state index contributed by atoms with van der Waals surface area (Å²) >= 11 is 0. The lowest BCUT2D eigenvalue weighted by atomic mass is 9.94. The van der Waals surface area contributed by atoms with Crippen LogP contribution in [-0.2, 0) is 11.2 Å². The van der Waals surface area contributed by atoms with E-state index in [1.165, 1.54) is 0 Å². The predicted molar refractivity (Wildman–Crippen MR) is 75.0 cm³/mol. The summed E-state index contributed by atoms with van der Waals surface area (Å²) in [6.45, 7) is 7.06. The van der Waals surface area contributed by atoms with Gasteiger partial charge in [-0.1, -0.05) is 30.3 Å². The second-order valence-electron chi connectivity index (χ2n) is 6.01. The van der Waals surface area contributed by atoms with Crippen LogP contribution in [0, 0.1) is 0 Å². The van der Waals surface area contributed by atoms with E-state index in [-0.39, 0.29) is 6.61 Å². The van der Waals surface area contributed by atoms with Gasteiger partial charge < -0.3 is 15.2 Å². The van der Waals surface area contributed by atoms with Crippen molar-refractivity contribution in [1.29, 1.82) is 0 Å². The number of alkyl carbamates (subject to hydrolysis) is 1. The molecule has 4 nitrogen and oxygen atoms in total. The molecule has 0 spiro atoms. The van der Waals surface area contributed by atoms with Gasteiger partial charge in [0.1, 0.15) is 5.60 Å². The Bertz CT molecular complexity index is 411. The van der Waals surface area contributed by atoms with Gasteiger partial charge in [-0.2, -0.15) is 0 Å². The second-order valence-corrected chi connectivity index (χ2v) is 6.01. The zero-order chi connectivity index (χ0) is 14.5. The fourth-order valence-electron chi connectivity index (χ4n) is 1.74. The van der Waals surface area contributed by atoms with E-state index in [1.807, 2.05) is 30.3 Å².